The number of aromatic nitrogens is 4. The Morgan fingerprint density at radius 3 is 2.86 bits per heavy atom. The van der Waals surface area contributed by atoms with E-state index >= 15 is 0 Å². The number of anilines is 1. The number of aromatic hydroxyl groups is 1. The number of phenolic OH excluding ortho intramolecular Hbond substituents is 1. The van der Waals surface area contributed by atoms with Crippen molar-refractivity contribution in [3.63, 3.8) is 0 Å². The van der Waals surface area contributed by atoms with E-state index in [2.05, 4.69) is 36.8 Å². The summed E-state index contributed by atoms with van der Waals surface area (Å²) in [5.41, 5.74) is 2.91. The number of nitrogens with zero attached hydrogens (tertiary/aromatic N) is 4. The van der Waals surface area contributed by atoms with Crippen LogP contribution in [0, 0.1) is 0 Å². The zero-order valence-corrected chi connectivity index (χ0v) is 12.5. The van der Waals surface area contributed by atoms with Crippen LogP contribution >= 0.6 is 15.9 Å². The number of halogens is 1. The summed E-state index contributed by atoms with van der Waals surface area (Å²) in [5, 5.41) is 23.9. The summed E-state index contributed by atoms with van der Waals surface area (Å²) in [6.07, 6.45) is 1.55. The highest BCUT2D eigenvalue weighted by Crippen LogP contribution is 2.24. The van der Waals surface area contributed by atoms with Gasteiger partial charge in [0, 0.05) is 12.2 Å². The Morgan fingerprint density at radius 1 is 1.19 bits per heavy atom. The molecule has 1 aromatic heterocycles. The lowest BCUT2D eigenvalue weighted by Gasteiger charge is -2.09. The van der Waals surface area contributed by atoms with Gasteiger partial charge in [-0.05, 0) is 62.3 Å². The van der Waals surface area contributed by atoms with Gasteiger partial charge in [0.25, 0.3) is 0 Å². The standard InChI is InChI=1S/C14H12BrN5O/c15-13-6-10(4-5-14(13)21)8-16-11-2-1-3-12(7-11)20-9-17-18-19-20/h1-7,9,16,21H,8H2. The highest BCUT2D eigenvalue weighted by molar-refractivity contribution is 9.10. The van der Waals surface area contributed by atoms with Gasteiger partial charge in [-0.1, -0.05) is 12.1 Å². The third-order valence-corrected chi connectivity index (χ3v) is 3.60. The Morgan fingerprint density at radius 2 is 2.10 bits per heavy atom. The molecule has 0 aliphatic carbocycles. The number of hydrogen-bond donors (Lipinski definition) is 2. The lowest BCUT2D eigenvalue weighted by atomic mass is 10.2. The highest BCUT2D eigenvalue weighted by Gasteiger charge is 2.02. The largest absolute Gasteiger partial charge is 0.507 e. The monoisotopic (exact) mass is 345 g/mol. The van der Waals surface area contributed by atoms with Crippen LogP contribution in [-0.2, 0) is 6.54 Å². The van der Waals surface area contributed by atoms with Crippen molar-refractivity contribution in [1.82, 2.24) is 20.2 Å². The topological polar surface area (TPSA) is 75.9 Å². The van der Waals surface area contributed by atoms with Gasteiger partial charge >= 0.3 is 0 Å². The molecule has 106 valence electrons. The van der Waals surface area contributed by atoms with Crippen molar-refractivity contribution >= 4 is 21.6 Å². The maximum atomic E-state index is 9.48. The molecule has 0 radical (unpaired) electrons. The van der Waals surface area contributed by atoms with Crippen molar-refractivity contribution in [1.29, 1.82) is 0 Å². The van der Waals surface area contributed by atoms with Gasteiger partial charge < -0.3 is 10.4 Å². The summed E-state index contributed by atoms with van der Waals surface area (Å²) in [6, 6.07) is 13.2. The first-order valence-corrected chi connectivity index (χ1v) is 7.06. The first-order chi connectivity index (χ1) is 10.2. The fourth-order valence-corrected chi connectivity index (χ4v) is 2.33. The average molecular weight is 346 g/mol. The maximum absolute atomic E-state index is 9.48. The van der Waals surface area contributed by atoms with Crippen molar-refractivity contribution in [2.75, 3.05) is 5.32 Å². The van der Waals surface area contributed by atoms with Crippen molar-refractivity contribution in [2.24, 2.45) is 0 Å². The van der Waals surface area contributed by atoms with E-state index in [0.717, 1.165) is 16.9 Å². The molecule has 0 bridgehead atoms. The Hall–Kier alpha value is -2.41. The molecule has 3 rings (SSSR count). The summed E-state index contributed by atoms with van der Waals surface area (Å²) in [6.45, 7) is 0.651. The predicted octanol–water partition coefficient (Wildman–Crippen LogP) is 2.74. The molecule has 0 amide bonds. The molecular weight excluding hydrogens is 334 g/mol. The summed E-state index contributed by atoms with van der Waals surface area (Å²) < 4.78 is 2.28. The fraction of sp³-hybridized carbons (Fsp3) is 0.0714. The summed E-state index contributed by atoms with van der Waals surface area (Å²) in [7, 11) is 0. The molecule has 3 aromatic rings. The van der Waals surface area contributed by atoms with E-state index in [1.165, 1.54) is 0 Å². The van der Waals surface area contributed by atoms with Crippen molar-refractivity contribution in [2.45, 2.75) is 6.54 Å². The molecular formula is C14H12BrN5O. The Bertz CT molecular complexity index is 745. The third kappa shape index (κ3) is 3.19. The molecule has 2 aromatic carbocycles. The van der Waals surface area contributed by atoms with Crippen molar-refractivity contribution < 1.29 is 5.11 Å². The number of nitrogens with one attached hydrogen (secondary N) is 1. The minimum absolute atomic E-state index is 0.236. The van der Waals surface area contributed by atoms with Crippen LogP contribution in [0.1, 0.15) is 5.56 Å². The number of rotatable bonds is 4. The SMILES string of the molecule is Oc1ccc(CNc2cccc(-n3cnnn3)c2)cc1Br. The molecule has 0 aliphatic rings. The fourth-order valence-electron chi connectivity index (χ4n) is 1.90. The van der Waals surface area contributed by atoms with E-state index < -0.39 is 0 Å². The molecule has 1 heterocycles. The number of phenols is 1. The summed E-state index contributed by atoms with van der Waals surface area (Å²) in [5.74, 6) is 0.236. The molecule has 0 saturated heterocycles. The van der Waals surface area contributed by atoms with E-state index in [1.807, 2.05) is 36.4 Å². The lowest BCUT2D eigenvalue weighted by Crippen LogP contribution is -2.01. The van der Waals surface area contributed by atoms with Crippen LogP contribution in [0.3, 0.4) is 0 Å². The van der Waals surface area contributed by atoms with Gasteiger partial charge in [-0.25, -0.2) is 4.68 Å². The van der Waals surface area contributed by atoms with Crippen molar-refractivity contribution in [3.8, 4) is 11.4 Å². The van der Waals surface area contributed by atoms with Crippen LogP contribution in [0.4, 0.5) is 5.69 Å². The molecule has 21 heavy (non-hydrogen) atoms. The average Bonchev–Trinajstić information content (AvgIpc) is 3.03. The van der Waals surface area contributed by atoms with Crippen LogP contribution < -0.4 is 5.32 Å². The first kappa shape index (κ1) is 13.6. The second-order valence-corrected chi connectivity index (χ2v) is 5.30. The molecule has 0 aliphatic heterocycles. The highest BCUT2D eigenvalue weighted by atomic mass is 79.9. The normalized spacial score (nSPS) is 10.5. The van der Waals surface area contributed by atoms with Crippen LogP contribution in [0.2, 0.25) is 0 Å². The maximum Gasteiger partial charge on any atom is 0.143 e. The molecule has 6 nitrogen and oxygen atoms in total. The molecule has 0 fully saturated rings. The number of hydrogen-bond acceptors (Lipinski definition) is 5. The number of benzene rings is 2. The lowest BCUT2D eigenvalue weighted by molar-refractivity contribution is 0.471. The predicted molar refractivity (Wildman–Crippen MR) is 82.3 cm³/mol. The number of tetrazole rings is 1. The Balaban J connectivity index is 1.73. The minimum Gasteiger partial charge on any atom is -0.507 e. The van der Waals surface area contributed by atoms with Crippen LogP contribution in [0.5, 0.6) is 5.75 Å². The van der Waals surface area contributed by atoms with Crippen LogP contribution in [0.15, 0.2) is 53.3 Å². The summed E-state index contributed by atoms with van der Waals surface area (Å²) in [4.78, 5) is 0. The van der Waals surface area contributed by atoms with Gasteiger partial charge in [0.05, 0.1) is 10.2 Å². The van der Waals surface area contributed by atoms with E-state index in [1.54, 1.807) is 17.1 Å². The summed E-state index contributed by atoms with van der Waals surface area (Å²) >= 11 is 3.31. The zero-order chi connectivity index (χ0) is 14.7. The van der Waals surface area contributed by atoms with Crippen molar-refractivity contribution in [3.05, 3.63) is 58.8 Å². The van der Waals surface area contributed by atoms with E-state index in [4.69, 9.17) is 0 Å². The van der Waals surface area contributed by atoms with Gasteiger partial charge in [0.1, 0.15) is 12.1 Å². The van der Waals surface area contributed by atoms with E-state index in [0.29, 0.717) is 11.0 Å². The first-order valence-electron chi connectivity index (χ1n) is 6.27. The smallest absolute Gasteiger partial charge is 0.143 e. The molecule has 0 unspecified atom stereocenters. The van der Waals surface area contributed by atoms with Gasteiger partial charge in [-0.3, -0.25) is 0 Å². The second-order valence-electron chi connectivity index (χ2n) is 4.44. The Kier molecular flexibility index (Phi) is 3.83. The Labute approximate surface area is 129 Å². The molecule has 0 spiro atoms. The van der Waals surface area contributed by atoms with E-state index in [-0.39, 0.29) is 5.75 Å². The molecule has 7 heteroatoms. The molecule has 0 saturated carbocycles. The van der Waals surface area contributed by atoms with Crippen LogP contribution in [-0.4, -0.2) is 25.3 Å². The quantitative estimate of drug-likeness (QED) is 0.760. The zero-order valence-electron chi connectivity index (χ0n) is 10.9. The van der Waals surface area contributed by atoms with Crippen LogP contribution in [0.25, 0.3) is 5.69 Å². The minimum atomic E-state index is 0.236. The molecule has 2 N–H and O–H groups in total. The van der Waals surface area contributed by atoms with Gasteiger partial charge in [0.15, 0.2) is 0 Å². The molecule has 0 atom stereocenters. The van der Waals surface area contributed by atoms with Gasteiger partial charge in [-0.15, -0.1) is 5.10 Å². The van der Waals surface area contributed by atoms with Gasteiger partial charge in [-0.2, -0.15) is 0 Å². The van der Waals surface area contributed by atoms with Gasteiger partial charge in [0.2, 0.25) is 0 Å². The van der Waals surface area contributed by atoms with E-state index in [9.17, 15) is 5.11 Å². The second kappa shape index (κ2) is 5.92. The third-order valence-electron chi connectivity index (χ3n) is 2.97.